The van der Waals surface area contributed by atoms with Crippen LogP contribution in [0.25, 0.3) is 0 Å². The van der Waals surface area contributed by atoms with Crippen LogP contribution in [0.1, 0.15) is 50.7 Å². The molecule has 1 aromatic carbocycles. The standard InChI is InChI=1S/C16H24N2/c1-16(2)7-3-4-15(9-16)18-10-12-5-6-14(17)8-13(12)11-18/h5-6,8,15H,3-4,7,9-11,17H2,1-2H3. The fourth-order valence-electron chi connectivity index (χ4n) is 3.67. The van der Waals surface area contributed by atoms with Crippen LogP contribution in [0.2, 0.25) is 0 Å². The van der Waals surface area contributed by atoms with Gasteiger partial charge in [0.15, 0.2) is 0 Å². The molecule has 18 heavy (non-hydrogen) atoms. The lowest BCUT2D eigenvalue weighted by atomic mass is 9.75. The summed E-state index contributed by atoms with van der Waals surface area (Å²) in [6, 6.07) is 7.16. The van der Waals surface area contributed by atoms with Gasteiger partial charge in [0.05, 0.1) is 0 Å². The van der Waals surface area contributed by atoms with Gasteiger partial charge in [-0.15, -0.1) is 0 Å². The summed E-state index contributed by atoms with van der Waals surface area (Å²) in [6.45, 7) is 7.05. The Hall–Kier alpha value is -1.02. The lowest BCUT2D eigenvalue weighted by Gasteiger charge is -2.39. The molecular formula is C16H24N2. The molecule has 3 rings (SSSR count). The van der Waals surface area contributed by atoms with Gasteiger partial charge >= 0.3 is 0 Å². The number of hydrogen-bond donors (Lipinski definition) is 1. The van der Waals surface area contributed by atoms with Crippen LogP contribution < -0.4 is 5.73 Å². The van der Waals surface area contributed by atoms with Crippen molar-refractivity contribution in [2.24, 2.45) is 5.41 Å². The zero-order valence-electron chi connectivity index (χ0n) is 11.6. The molecule has 1 fully saturated rings. The molecule has 0 radical (unpaired) electrons. The van der Waals surface area contributed by atoms with Gasteiger partial charge in [0.2, 0.25) is 0 Å². The smallest absolute Gasteiger partial charge is 0.0317 e. The van der Waals surface area contributed by atoms with Crippen molar-refractivity contribution < 1.29 is 0 Å². The lowest BCUT2D eigenvalue weighted by Crippen LogP contribution is -2.38. The van der Waals surface area contributed by atoms with Crippen LogP contribution in [0, 0.1) is 5.41 Å². The highest BCUT2D eigenvalue weighted by molar-refractivity contribution is 5.46. The predicted octanol–water partition coefficient (Wildman–Crippen LogP) is 3.55. The first kappa shape index (κ1) is 12.0. The summed E-state index contributed by atoms with van der Waals surface area (Å²) in [5, 5.41) is 0. The van der Waals surface area contributed by atoms with Crippen LogP contribution >= 0.6 is 0 Å². The van der Waals surface area contributed by atoms with Crippen LogP contribution in [-0.4, -0.2) is 10.9 Å². The molecule has 2 N–H and O–H groups in total. The first-order valence-corrected chi connectivity index (χ1v) is 7.15. The summed E-state index contributed by atoms with van der Waals surface area (Å²) in [7, 11) is 0. The van der Waals surface area contributed by atoms with Gasteiger partial charge in [0.1, 0.15) is 0 Å². The summed E-state index contributed by atoms with van der Waals surface area (Å²) in [5.41, 5.74) is 10.2. The first-order valence-electron chi connectivity index (χ1n) is 7.15. The van der Waals surface area contributed by atoms with Crippen molar-refractivity contribution in [1.29, 1.82) is 0 Å². The fourth-order valence-corrected chi connectivity index (χ4v) is 3.67. The Labute approximate surface area is 110 Å². The number of nitrogens with two attached hydrogens (primary N) is 1. The molecule has 1 atom stereocenters. The third kappa shape index (κ3) is 2.26. The number of rotatable bonds is 1. The third-order valence-electron chi connectivity index (χ3n) is 4.67. The molecule has 2 aliphatic rings. The van der Waals surface area contributed by atoms with Crippen LogP contribution in [0.15, 0.2) is 18.2 Å². The molecule has 2 heteroatoms. The Morgan fingerprint density at radius 2 is 2.00 bits per heavy atom. The van der Waals surface area contributed by atoms with Gasteiger partial charge in [-0.1, -0.05) is 26.3 Å². The maximum absolute atomic E-state index is 5.88. The second-order valence-electron chi connectivity index (χ2n) is 6.85. The minimum atomic E-state index is 0.525. The maximum atomic E-state index is 5.88. The largest absolute Gasteiger partial charge is 0.399 e. The quantitative estimate of drug-likeness (QED) is 0.765. The van der Waals surface area contributed by atoms with Crippen molar-refractivity contribution in [3.05, 3.63) is 29.3 Å². The number of anilines is 1. The molecule has 0 bridgehead atoms. The van der Waals surface area contributed by atoms with E-state index in [-0.39, 0.29) is 0 Å². The van der Waals surface area contributed by atoms with Crippen molar-refractivity contribution in [3.63, 3.8) is 0 Å². The van der Waals surface area contributed by atoms with E-state index in [0.717, 1.165) is 24.8 Å². The van der Waals surface area contributed by atoms with Gasteiger partial charge in [-0.25, -0.2) is 0 Å². The normalized spacial score (nSPS) is 27.1. The van der Waals surface area contributed by atoms with Crippen LogP contribution in [-0.2, 0) is 13.1 Å². The maximum Gasteiger partial charge on any atom is 0.0317 e. The van der Waals surface area contributed by atoms with Crippen LogP contribution in [0.4, 0.5) is 5.69 Å². The SMILES string of the molecule is CC1(C)CCCC(N2Cc3ccc(N)cc3C2)C1. The number of fused-ring (bicyclic) bond motifs is 1. The summed E-state index contributed by atoms with van der Waals surface area (Å²) in [6.07, 6.45) is 5.48. The molecule has 1 saturated carbocycles. The average Bonchev–Trinajstić information content (AvgIpc) is 2.70. The zero-order valence-corrected chi connectivity index (χ0v) is 11.6. The molecular weight excluding hydrogens is 220 g/mol. The number of nitrogen functional groups attached to an aromatic ring is 1. The Balaban J connectivity index is 1.74. The molecule has 0 saturated heterocycles. The third-order valence-corrected chi connectivity index (χ3v) is 4.67. The van der Waals surface area contributed by atoms with Gasteiger partial charge in [-0.3, -0.25) is 4.90 Å². The molecule has 1 heterocycles. The minimum absolute atomic E-state index is 0.525. The topological polar surface area (TPSA) is 29.3 Å². The van der Waals surface area contributed by atoms with Gasteiger partial charge in [-0.2, -0.15) is 0 Å². The van der Waals surface area contributed by atoms with E-state index in [1.54, 1.807) is 0 Å². The average molecular weight is 244 g/mol. The zero-order chi connectivity index (χ0) is 12.8. The summed E-state index contributed by atoms with van der Waals surface area (Å²) >= 11 is 0. The summed E-state index contributed by atoms with van der Waals surface area (Å²) < 4.78 is 0. The molecule has 1 aliphatic carbocycles. The van der Waals surface area contributed by atoms with Crippen molar-refractivity contribution >= 4 is 5.69 Å². The second kappa shape index (κ2) is 4.27. The molecule has 98 valence electrons. The van der Waals surface area contributed by atoms with Gasteiger partial charge in [-0.05, 0) is 47.9 Å². The highest BCUT2D eigenvalue weighted by Crippen LogP contribution is 2.39. The van der Waals surface area contributed by atoms with Crippen LogP contribution in [0.5, 0.6) is 0 Å². The second-order valence-corrected chi connectivity index (χ2v) is 6.85. The van der Waals surface area contributed by atoms with Crippen molar-refractivity contribution in [2.75, 3.05) is 5.73 Å². The number of benzene rings is 1. The number of nitrogens with zero attached hydrogens (tertiary/aromatic N) is 1. The molecule has 0 amide bonds. The van der Waals surface area contributed by atoms with E-state index in [9.17, 15) is 0 Å². The Bertz CT molecular complexity index is 450. The van der Waals surface area contributed by atoms with E-state index >= 15 is 0 Å². The van der Waals surface area contributed by atoms with E-state index < -0.39 is 0 Å². The van der Waals surface area contributed by atoms with Crippen LogP contribution in [0.3, 0.4) is 0 Å². The fraction of sp³-hybridized carbons (Fsp3) is 0.625. The van der Waals surface area contributed by atoms with E-state index in [1.165, 1.54) is 36.8 Å². The molecule has 1 aromatic rings. The van der Waals surface area contributed by atoms with E-state index in [4.69, 9.17) is 5.73 Å². The number of hydrogen-bond acceptors (Lipinski definition) is 2. The molecule has 1 aliphatic heterocycles. The molecule has 2 nitrogen and oxygen atoms in total. The lowest BCUT2D eigenvalue weighted by molar-refractivity contribution is 0.0927. The monoisotopic (exact) mass is 244 g/mol. The minimum Gasteiger partial charge on any atom is -0.399 e. The summed E-state index contributed by atoms with van der Waals surface area (Å²) in [4.78, 5) is 2.66. The first-order chi connectivity index (χ1) is 8.53. The highest BCUT2D eigenvalue weighted by atomic mass is 15.2. The van der Waals surface area contributed by atoms with E-state index in [2.05, 4.69) is 30.9 Å². The van der Waals surface area contributed by atoms with Crippen molar-refractivity contribution in [3.8, 4) is 0 Å². The Morgan fingerprint density at radius 3 is 2.78 bits per heavy atom. The summed E-state index contributed by atoms with van der Waals surface area (Å²) in [5.74, 6) is 0. The van der Waals surface area contributed by atoms with Crippen molar-refractivity contribution in [1.82, 2.24) is 4.90 Å². The van der Waals surface area contributed by atoms with E-state index in [0.29, 0.717) is 5.41 Å². The van der Waals surface area contributed by atoms with Gasteiger partial charge in [0, 0.05) is 24.8 Å². The Morgan fingerprint density at radius 1 is 1.22 bits per heavy atom. The van der Waals surface area contributed by atoms with E-state index in [1.807, 2.05) is 6.07 Å². The van der Waals surface area contributed by atoms with Gasteiger partial charge in [0.25, 0.3) is 0 Å². The van der Waals surface area contributed by atoms with Crippen molar-refractivity contribution in [2.45, 2.75) is 58.7 Å². The highest BCUT2D eigenvalue weighted by Gasteiger charge is 2.33. The molecule has 1 unspecified atom stereocenters. The predicted molar refractivity (Wildman–Crippen MR) is 76.1 cm³/mol. The Kier molecular flexibility index (Phi) is 2.86. The molecule has 0 spiro atoms. The van der Waals surface area contributed by atoms with Gasteiger partial charge < -0.3 is 5.73 Å². The molecule has 0 aromatic heterocycles.